The molecule has 4 heteroatoms. The third-order valence-corrected chi connectivity index (χ3v) is 4.26. The van der Waals surface area contributed by atoms with E-state index in [0.29, 0.717) is 6.04 Å². The molecule has 1 rings (SSSR count). The molecular formula is C17H34N4. The lowest BCUT2D eigenvalue weighted by Gasteiger charge is -2.34. The van der Waals surface area contributed by atoms with E-state index in [1.807, 2.05) is 6.92 Å². The highest BCUT2D eigenvalue weighted by Gasteiger charge is 2.23. The van der Waals surface area contributed by atoms with Gasteiger partial charge in [-0.3, -0.25) is 5.32 Å². The first-order valence-corrected chi connectivity index (χ1v) is 8.63. The SMILES string of the molecule is CCCN1CCN(CCCCC(C)(C#N)NC(C)C)CC1. The largest absolute Gasteiger partial charge is 0.301 e. The lowest BCUT2D eigenvalue weighted by atomic mass is 9.95. The molecule has 0 saturated carbocycles. The van der Waals surface area contributed by atoms with E-state index in [2.05, 4.69) is 42.0 Å². The van der Waals surface area contributed by atoms with Crippen LogP contribution < -0.4 is 5.32 Å². The van der Waals surface area contributed by atoms with Gasteiger partial charge in [0, 0.05) is 32.2 Å². The molecule has 1 N–H and O–H groups in total. The first-order chi connectivity index (χ1) is 9.99. The third-order valence-electron chi connectivity index (χ3n) is 4.26. The molecule has 1 heterocycles. The van der Waals surface area contributed by atoms with Crippen molar-refractivity contribution < 1.29 is 0 Å². The molecule has 21 heavy (non-hydrogen) atoms. The summed E-state index contributed by atoms with van der Waals surface area (Å²) in [6, 6.07) is 2.80. The minimum absolute atomic E-state index is 0.362. The van der Waals surface area contributed by atoms with Crippen LogP contribution in [0.3, 0.4) is 0 Å². The third kappa shape index (κ3) is 7.26. The van der Waals surface area contributed by atoms with E-state index in [9.17, 15) is 5.26 Å². The quantitative estimate of drug-likeness (QED) is 0.663. The Morgan fingerprint density at radius 2 is 1.67 bits per heavy atom. The Kier molecular flexibility index (Phi) is 8.24. The van der Waals surface area contributed by atoms with Gasteiger partial charge in [0.2, 0.25) is 0 Å². The van der Waals surface area contributed by atoms with E-state index in [0.717, 1.165) is 12.8 Å². The lowest BCUT2D eigenvalue weighted by Crippen LogP contribution is -2.47. The van der Waals surface area contributed by atoms with Gasteiger partial charge < -0.3 is 9.80 Å². The minimum atomic E-state index is -0.367. The van der Waals surface area contributed by atoms with Gasteiger partial charge in [0.15, 0.2) is 0 Å². The molecule has 4 nitrogen and oxygen atoms in total. The van der Waals surface area contributed by atoms with Crippen LogP contribution in [0.1, 0.15) is 53.4 Å². The molecule has 0 aromatic rings. The maximum absolute atomic E-state index is 9.33. The van der Waals surface area contributed by atoms with Crippen molar-refractivity contribution >= 4 is 0 Å². The molecule has 0 bridgehead atoms. The summed E-state index contributed by atoms with van der Waals surface area (Å²) in [5, 5.41) is 12.7. The Balaban J connectivity index is 2.16. The van der Waals surface area contributed by atoms with Crippen molar-refractivity contribution in [1.29, 1.82) is 5.26 Å². The highest BCUT2D eigenvalue weighted by molar-refractivity contribution is 5.04. The number of piperazine rings is 1. The number of nitrogens with one attached hydrogen (secondary N) is 1. The van der Waals surface area contributed by atoms with Crippen LogP contribution in [-0.2, 0) is 0 Å². The van der Waals surface area contributed by atoms with Crippen molar-refractivity contribution in [3.05, 3.63) is 0 Å². The Labute approximate surface area is 131 Å². The standard InChI is InChI=1S/C17H34N4/c1-5-9-20-11-13-21(14-12-20)10-7-6-8-17(4,15-18)19-16(2)3/h16,19H,5-14H2,1-4H3. The van der Waals surface area contributed by atoms with Gasteiger partial charge in [-0.25, -0.2) is 0 Å². The molecule has 1 unspecified atom stereocenters. The van der Waals surface area contributed by atoms with E-state index in [4.69, 9.17) is 0 Å². The van der Waals surface area contributed by atoms with Crippen molar-refractivity contribution in [3.8, 4) is 6.07 Å². The van der Waals surface area contributed by atoms with Gasteiger partial charge in [0.25, 0.3) is 0 Å². The van der Waals surface area contributed by atoms with Crippen LogP contribution in [0, 0.1) is 11.3 Å². The summed E-state index contributed by atoms with van der Waals surface area (Å²) >= 11 is 0. The molecule has 1 aliphatic rings. The second kappa shape index (κ2) is 9.40. The molecule has 1 fully saturated rings. The lowest BCUT2D eigenvalue weighted by molar-refractivity contribution is 0.130. The summed E-state index contributed by atoms with van der Waals surface area (Å²) in [4.78, 5) is 5.14. The summed E-state index contributed by atoms with van der Waals surface area (Å²) in [6.07, 6.45) is 4.52. The molecule has 122 valence electrons. The maximum Gasteiger partial charge on any atom is 0.104 e. The van der Waals surface area contributed by atoms with E-state index in [-0.39, 0.29) is 5.54 Å². The fourth-order valence-electron chi connectivity index (χ4n) is 3.16. The van der Waals surface area contributed by atoms with Gasteiger partial charge in [-0.05, 0) is 59.5 Å². The second-order valence-corrected chi connectivity index (χ2v) is 6.88. The van der Waals surface area contributed by atoms with Crippen LogP contribution in [0.2, 0.25) is 0 Å². The summed E-state index contributed by atoms with van der Waals surface area (Å²) in [5.74, 6) is 0. The Bertz CT molecular complexity index is 315. The molecular weight excluding hydrogens is 260 g/mol. The number of hydrogen-bond acceptors (Lipinski definition) is 4. The van der Waals surface area contributed by atoms with Crippen molar-refractivity contribution in [1.82, 2.24) is 15.1 Å². The summed E-state index contributed by atoms with van der Waals surface area (Å²) in [7, 11) is 0. The Morgan fingerprint density at radius 3 is 2.14 bits per heavy atom. The van der Waals surface area contributed by atoms with Crippen LogP contribution in [0.5, 0.6) is 0 Å². The molecule has 0 aliphatic carbocycles. The monoisotopic (exact) mass is 294 g/mol. The number of nitrogens with zero attached hydrogens (tertiary/aromatic N) is 3. The molecule has 1 saturated heterocycles. The summed E-state index contributed by atoms with van der Waals surface area (Å²) in [5.41, 5.74) is -0.367. The fraction of sp³-hybridized carbons (Fsp3) is 0.941. The normalized spacial score (nSPS) is 20.4. The first-order valence-electron chi connectivity index (χ1n) is 8.63. The zero-order valence-corrected chi connectivity index (χ0v) is 14.5. The van der Waals surface area contributed by atoms with Crippen molar-refractivity contribution in [3.63, 3.8) is 0 Å². The van der Waals surface area contributed by atoms with Gasteiger partial charge in [-0.2, -0.15) is 5.26 Å². The van der Waals surface area contributed by atoms with Crippen LogP contribution in [0.4, 0.5) is 0 Å². The second-order valence-electron chi connectivity index (χ2n) is 6.88. The van der Waals surface area contributed by atoms with Gasteiger partial charge in [0.1, 0.15) is 5.54 Å². The molecule has 0 aromatic heterocycles. The summed E-state index contributed by atoms with van der Waals surface area (Å²) in [6.45, 7) is 15.8. The molecule has 1 aliphatic heterocycles. The smallest absolute Gasteiger partial charge is 0.104 e. The average Bonchev–Trinajstić information content (AvgIpc) is 2.45. The molecule has 0 spiro atoms. The van der Waals surface area contributed by atoms with Gasteiger partial charge in [0.05, 0.1) is 6.07 Å². The van der Waals surface area contributed by atoms with Gasteiger partial charge in [-0.1, -0.05) is 6.92 Å². The maximum atomic E-state index is 9.33. The van der Waals surface area contributed by atoms with Crippen molar-refractivity contribution in [2.24, 2.45) is 0 Å². The van der Waals surface area contributed by atoms with Gasteiger partial charge in [-0.15, -0.1) is 0 Å². The molecule has 0 amide bonds. The van der Waals surface area contributed by atoms with E-state index < -0.39 is 0 Å². The van der Waals surface area contributed by atoms with Crippen molar-refractivity contribution in [2.75, 3.05) is 39.3 Å². The van der Waals surface area contributed by atoms with E-state index >= 15 is 0 Å². The van der Waals surface area contributed by atoms with Crippen LogP contribution in [0.25, 0.3) is 0 Å². The van der Waals surface area contributed by atoms with E-state index in [1.165, 1.54) is 52.1 Å². The number of rotatable bonds is 9. The predicted molar refractivity (Wildman–Crippen MR) is 89.3 cm³/mol. The average molecular weight is 294 g/mol. The minimum Gasteiger partial charge on any atom is -0.301 e. The van der Waals surface area contributed by atoms with Gasteiger partial charge >= 0.3 is 0 Å². The number of unbranched alkanes of at least 4 members (excludes halogenated alkanes) is 1. The highest BCUT2D eigenvalue weighted by atomic mass is 15.3. The zero-order chi connectivity index (χ0) is 15.7. The fourth-order valence-corrected chi connectivity index (χ4v) is 3.16. The Hall–Kier alpha value is -0.630. The summed E-state index contributed by atoms with van der Waals surface area (Å²) < 4.78 is 0. The van der Waals surface area contributed by atoms with Crippen LogP contribution in [-0.4, -0.2) is 60.6 Å². The first kappa shape index (κ1) is 18.4. The number of hydrogen-bond donors (Lipinski definition) is 1. The Morgan fingerprint density at radius 1 is 1.10 bits per heavy atom. The molecule has 1 atom stereocenters. The van der Waals surface area contributed by atoms with E-state index in [1.54, 1.807) is 0 Å². The van der Waals surface area contributed by atoms with Crippen LogP contribution >= 0.6 is 0 Å². The molecule has 0 aromatic carbocycles. The number of nitriles is 1. The zero-order valence-electron chi connectivity index (χ0n) is 14.5. The molecule has 0 radical (unpaired) electrons. The predicted octanol–water partition coefficient (Wildman–Crippen LogP) is 2.46. The van der Waals surface area contributed by atoms with Crippen molar-refractivity contribution in [2.45, 2.75) is 65.0 Å². The highest BCUT2D eigenvalue weighted by Crippen LogP contribution is 2.14. The van der Waals surface area contributed by atoms with Crippen LogP contribution in [0.15, 0.2) is 0 Å². The topological polar surface area (TPSA) is 42.3 Å².